The molecule has 30 heavy (non-hydrogen) atoms. The molecular formula is C27H38O3. The third-order valence-electron chi connectivity index (χ3n) is 5.08. The number of ketones is 2. The summed E-state index contributed by atoms with van der Waals surface area (Å²) in [5.41, 5.74) is 6.07. The molecule has 0 amide bonds. The molecule has 0 unspecified atom stereocenters. The fraction of sp³-hybridized carbons (Fsp3) is 0.481. The van der Waals surface area contributed by atoms with Gasteiger partial charge in [-0.2, -0.15) is 0 Å². The molecule has 0 saturated carbocycles. The van der Waals surface area contributed by atoms with E-state index in [-0.39, 0.29) is 17.3 Å². The van der Waals surface area contributed by atoms with Crippen LogP contribution in [0, 0.1) is 0 Å². The van der Waals surface area contributed by atoms with Crippen LogP contribution in [0.4, 0.5) is 0 Å². The number of ether oxygens (including phenoxy) is 1. The molecule has 1 aliphatic rings. The van der Waals surface area contributed by atoms with Gasteiger partial charge in [-0.3, -0.25) is 9.59 Å². The van der Waals surface area contributed by atoms with Gasteiger partial charge in [0, 0.05) is 11.1 Å². The Morgan fingerprint density at radius 2 is 1.30 bits per heavy atom. The van der Waals surface area contributed by atoms with E-state index in [0.717, 1.165) is 25.7 Å². The second-order valence-electron chi connectivity index (χ2n) is 8.52. The molecule has 0 N–H and O–H groups in total. The predicted octanol–water partition coefficient (Wildman–Crippen LogP) is 7.13. The first-order valence-corrected chi connectivity index (χ1v) is 10.8. The van der Waals surface area contributed by atoms with E-state index in [9.17, 15) is 9.59 Å². The average Bonchev–Trinajstić information content (AvgIpc) is 2.66. The second-order valence-corrected chi connectivity index (χ2v) is 8.52. The average molecular weight is 411 g/mol. The summed E-state index contributed by atoms with van der Waals surface area (Å²) in [6, 6.07) is 0. The monoisotopic (exact) mass is 410 g/mol. The highest BCUT2D eigenvalue weighted by Gasteiger charge is 2.28. The second kappa shape index (κ2) is 13.0. The molecule has 1 aliphatic carbocycles. The molecule has 0 aromatic carbocycles. The lowest BCUT2D eigenvalue weighted by Crippen LogP contribution is -2.20. The van der Waals surface area contributed by atoms with Crippen molar-refractivity contribution in [1.82, 2.24) is 0 Å². The van der Waals surface area contributed by atoms with Gasteiger partial charge in [-0.05, 0) is 86.1 Å². The zero-order chi connectivity index (χ0) is 22.7. The van der Waals surface area contributed by atoms with Crippen LogP contribution in [-0.2, 0) is 14.3 Å². The van der Waals surface area contributed by atoms with Crippen molar-refractivity contribution >= 4 is 11.6 Å². The molecule has 1 rings (SSSR count). The normalized spacial score (nSPS) is 15.2. The van der Waals surface area contributed by atoms with E-state index < -0.39 is 0 Å². The van der Waals surface area contributed by atoms with Crippen LogP contribution in [0.1, 0.15) is 80.1 Å². The van der Waals surface area contributed by atoms with E-state index in [1.165, 1.54) is 35.5 Å². The molecule has 164 valence electrons. The maximum atomic E-state index is 13.0. The Morgan fingerprint density at radius 1 is 0.800 bits per heavy atom. The van der Waals surface area contributed by atoms with Crippen LogP contribution >= 0.6 is 0 Å². The Balaban J connectivity index is 2.87. The summed E-state index contributed by atoms with van der Waals surface area (Å²) in [6.07, 6.45) is 14.7. The number of hydrogen-bond donors (Lipinski definition) is 0. The molecule has 0 fully saturated rings. The summed E-state index contributed by atoms with van der Waals surface area (Å²) in [5.74, 6) is -0.109. The molecule has 0 aromatic heterocycles. The first-order chi connectivity index (χ1) is 14.1. The Kier molecular flexibility index (Phi) is 11.1. The summed E-state index contributed by atoms with van der Waals surface area (Å²) in [5, 5.41) is 0. The van der Waals surface area contributed by atoms with Crippen LogP contribution in [0.5, 0.6) is 0 Å². The molecular weight excluding hydrogens is 372 g/mol. The van der Waals surface area contributed by atoms with Crippen molar-refractivity contribution < 1.29 is 14.3 Å². The minimum atomic E-state index is -0.215. The van der Waals surface area contributed by atoms with Gasteiger partial charge < -0.3 is 4.74 Å². The number of carbonyl (C=O) groups excluding carboxylic acids is 2. The van der Waals surface area contributed by atoms with Crippen LogP contribution in [0.15, 0.2) is 69.6 Å². The van der Waals surface area contributed by atoms with Crippen LogP contribution in [0.3, 0.4) is 0 Å². The first-order valence-electron chi connectivity index (χ1n) is 10.8. The minimum Gasteiger partial charge on any atom is -0.492 e. The van der Waals surface area contributed by atoms with E-state index >= 15 is 0 Å². The lowest BCUT2D eigenvalue weighted by molar-refractivity contribution is -0.118. The highest BCUT2D eigenvalue weighted by atomic mass is 16.5. The molecule has 0 aromatic rings. The van der Waals surface area contributed by atoms with Gasteiger partial charge >= 0.3 is 0 Å². The SMILES string of the molecule is COC1=C(C/C=C(\C)CCC=C(C)C)C(=O)C(C/C=C(\C)CCC=C(C)C)=CC1=O. The maximum Gasteiger partial charge on any atom is 0.221 e. The largest absolute Gasteiger partial charge is 0.492 e. The third kappa shape index (κ3) is 8.94. The summed E-state index contributed by atoms with van der Waals surface area (Å²) in [7, 11) is 1.46. The van der Waals surface area contributed by atoms with Gasteiger partial charge in [0.2, 0.25) is 5.78 Å². The Bertz CT molecular complexity index is 818. The summed E-state index contributed by atoms with van der Waals surface area (Å²) in [6.45, 7) is 12.5. The van der Waals surface area contributed by atoms with Gasteiger partial charge in [0.15, 0.2) is 11.5 Å². The van der Waals surface area contributed by atoms with Crippen LogP contribution in [0.2, 0.25) is 0 Å². The van der Waals surface area contributed by atoms with Gasteiger partial charge in [0.25, 0.3) is 0 Å². The zero-order valence-electron chi connectivity index (χ0n) is 19.9. The van der Waals surface area contributed by atoms with Crippen LogP contribution in [0.25, 0.3) is 0 Å². The number of Topliss-reactive ketones (excluding diaryl/α,β-unsaturated/α-hetero) is 1. The van der Waals surface area contributed by atoms with E-state index in [4.69, 9.17) is 4.74 Å². The molecule has 3 nitrogen and oxygen atoms in total. The fourth-order valence-electron chi connectivity index (χ4n) is 3.24. The van der Waals surface area contributed by atoms with Gasteiger partial charge in [-0.1, -0.05) is 46.6 Å². The molecule has 0 radical (unpaired) electrons. The summed E-state index contributed by atoms with van der Waals surface area (Å²) >= 11 is 0. The minimum absolute atomic E-state index is 0.0758. The molecule has 0 spiro atoms. The molecule has 0 saturated heterocycles. The first kappa shape index (κ1) is 25.6. The molecule has 0 aliphatic heterocycles. The topological polar surface area (TPSA) is 43.4 Å². The number of rotatable bonds is 11. The van der Waals surface area contributed by atoms with Crippen molar-refractivity contribution in [2.24, 2.45) is 0 Å². The number of allylic oxidation sites excluding steroid dienone is 11. The highest BCUT2D eigenvalue weighted by molar-refractivity contribution is 6.22. The van der Waals surface area contributed by atoms with Crippen molar-refractivity contribution in [1.29, 1.82) is 0 Å². The van der Waals surface area contributed by atoms with E-state index in [1.54, 1.807) is 0 Å². The van der Waals surface area contributed by atoms with E-state index in [2.05, 4.69) is 59.8 Å². The zero-order valence-corrected chi connectivity index (χ0v) is 19.9. The van der Waals surface area contributed by atoms with E-state index in [0.29, 0.717) is 24.0 Å². The summed E-state index contributed by atoms with van der Waals surface area (Å²) < 4.78 is 5.28. The quantitative estimate of drug-likeness (QED) is 0.269. The van der Waals surface area contributed by atoms with E-state index in [1.807, 2.05) is 6.08 Å². The lowest BCUT2D eigenvalue weighted by Gasteiger charge is -2.17. The van der Waals surface area contributed by atoms with Crippen LogP contribution < -0.4 is 0 Å². The van der Waals surface area contributed by atoms with Crippen molar-refractivity contribution in [3.05, 3.63) is 69.6 Å². The van der Waals surface area contributed by atoms with Crippen molar-refractivity contribution in [3.8, 4) is 0 Å². The maximum absolute atomic E-state index is 13.0. The lowest BCUT2D eigenvalue weighted by atomic mass is 9.89. The number of hydrogen-bond acceptors (Lipinski definition) is 3. The Hall–Kier alpha value is -2.42. The summed E-state index contributed by atoms with van der Waals surface area (Å²) in [4.78, 5) is 25.5. The Labute approximate surface area is 183 Å². The molecule has 0 heterocycles. The smallest absolute Gasteiger partial charge is 0.221 e. The van der Waals surface area contributed by atoms with Gasteiger partial charge in [-0.15, -0.1) is 0 Å². The van der Waals surface area contributed by atoms with Crippen molar-refractivity contribution in [3.63, 3.8) is 0 Å². The van der Waals surface area contributed by atoms with Crippen molar-refractivity contribution in [2.75, 3.05) is 7.11 Å². The molecule has 0 atom stereocenters. The predicted molar refractivity (Wildman–Crippen MR) is 126 cm³/mol. The van der Waals surface area contributed by atoms with Crippen LogP contribution in [-0.4, -0.2) is 18.7 Å². The van der Waals surface area contributed by atoms with Gasteiger partial charge in [0.05, 0.1) is 7.11 Å². The Morgan fingerprint density at radius 3 is 1.77 bits per heavy atom. The molecule has 3 heteroatoms. The number of carbonyl (C=O) groups is 2. The third-order valence-corrected chi connectivity index (χ3v) is 5.08. The van der Waals surface area contributed by atoms with Gasteiger partial charge in [0.1, 0.15) is 0 Å². The van der Waals surface area contributed by atoms with Gasteiger partial charge in [-0.25, -0.2) is 0 Å². The number of methoxy groups -OCH3 is 1. The standard InChI is InChI=1S/C27H38O3/c1-19(2)10-8-12-21(5)14-16-23-18-25(28)27(30-7)24(26(23)29)17-15-22(6)13-9-11-20(3)4/h10-11,14-15,18H,8-9,12-13,16-17H2,1-7H3/b21-14+,22-15+. The molecule has 0 bridgehead atoms. The van der Waals surface area contributed by atoms with Crippen molar-refractivity contribution in [2.45, 2.75) is 80.1 Å². The highest BCUT2D eigenvalue weighted by Crippen LogP contribution is 2.26. The fourth-order valence-corrected chi connectivity index (χ4v) is 3.24.